The molecule has 1 aromatic carbocycles. The van der Waals surface area contributed by atoms with E-state index in [2.05, 4.69) is 10.3 Å². The molecule has 0 saturated carbocycles. The van der Waals surface area contributed by atoms with Gasteiger partial charge < -0.3 is 14.8 Å². The molecule has 4 nitrogen and oxygen atoms in total. The van der Waals surface area contributed by atoms with Crippen molar-refractivity contribution in [2.75, 3.05) is 19.0 Å². The number of benzene rings is 1. The van der Waals surface area contributed by atoms with Gasteiger partial charge in [0.15, 0.2) is 0 Å². The number of rotatable bonds is 6. The number of nitrogens with one attached hydrogen (secondary N) is 1. The van der Waals surface area contributed by atoms with Gasteiger partial charge >= 0.3 is 0 Å². The molecular formula is C15H18N2O2. The quantitative estimate of drug-likeness (QED) is 0.864. The van der Waals surface area contributed by atoms with Gasteiger partial charge in [-0.25, -0.2) is 4.98 Å². The van der Waals surface area contributed by atoms with E-state index < -0.39 is 0 Å². The van der Waals surface area contributed by atoms with Gasteiger partial charge in [-0.2, -0.15) is 0 Å². The van der Waals surface area contributed by atoms with Crippen molar-refractivity contribution in [2.45, 2.75) is 13.5 Å². The van der Waals surface area contributed by atoms with Crippen LogP contribution in [0.1, 0.15) is 12.5 Å². The molecule has 2 aromatic rings. The number of hydrogen-bond donors (Lipinski definition) is 1. The third kappa shape index (κ3) is 3.61. The second-order valence-electron chi connectivity index (χ2n) is 3.98. The van der Waals surface area contributed by atoms with Crippen molar-refractivity contribution in [2.24, 2.45) is 0 Å². The number of ether oxygens (including phenoxy) is 2. The molecule has 2 rings (SSSR count). The predicted molar refractivity (Wildman–Crippen MR) is 75.7 cm³/mol. The maximum atomic E-state index is 5.31. The Hall–Kier alpha value is -2.23. The summed E-state index contributed by atoms with van der Waals surface area (Å²) in [5.41, 5.74) is 2.06. The monoisotopic (exact) mass is 258 g/mol. The van der Waals surface area contributed by atoms with Crippen LogP contribution < -0.4 is 14.8 Å². The number of aromatic nitrogens is 1. The number of anilines is 1. The van der Waals surface area contributed by atoms with Crippen molar-refractivity contribution in [1.82, 2.24) is 4.98 Å². The maximum Gasteiger partial charge on any atom is 0.213 e. The van der Waals surface area contributed by atoms with E-state index in [0.29, 0.717) is 19.0 Å². The van der Waals surface area contributed by atoms with Crippen molar-refractivity contribution in [3.05, 3.63) is 48.2 Å². The zero-order chi connectivity index (χ0) is 13.5. The Morgan fingerprint density at radius 3 is 2.68 bits per heavy atom. The second kappa shape index (κ2) is 6.64. The SMILES string of the molecule is CCOc1ccc(NCc2ccccc2OC)cn1. The molecule has 0 aliphatic carbocycles. The van der Waals surface area contributed by atoms with E-state index in [1.54, 1.807) is 13.3 Å². The van der Waals surface area contributed by atoms with E-state index in [1.165, 1.54) is 0 Å². The van der Waals surface area contributed by atoms with E-state index >= 15 is 0 Å². The van der Waals surface area contributed by atoms with E-state index in [-0.39, 0.29) is 0 Å². The van der Waals surface area contributed by atoms with Crippen LogP contribution in [0.5, 0.6) is 11.6 Å². The van der Waals surface area contributed by atoms with Crippen LogP contribution in [0.4, 0.5) is 5.69 Å². The molecule has 0 atom stereocenters. The molecule has 1 heterocycles. The summed E-state index contributed by atoms with van der Waals surface area (Å²) < 4.78 is 10.6. The van der Waals surface area contributed by atoms with Gasteiger partial charge in [-0.05, 0) is 19.1 Å². The minimum Gasteiger partial charge on any atom is -0.496 e. The highest BCUT2D eigenvalue weighted by Crippen LogP contribution is 2.19. The molecule has 1 aromatic heterocycles. The molecule has 1 N–H and O–H groups in total. The van der Waals surface area contributed by atoms with Crippen LogP contribution in [0.15, 0.2) is 42.6 Å². The minimum absolute atomic E-state index is 0.626. The fourth-order valence-electron chi connectivity index (χ4n) is 1.76. The zero-order valence-electron chi connectivity index (χ0n) is 11.2. The molecule has 100 valence electrons. The van der Waals surface area contributed by atoms with Crippen LogP contribution in [0, 0.1) is 0 Å². The van der Waals surface area contributed by atoms with Crippen molar-refractivity contribution < 1.29 is 9.47 Å². The standard InChI is InChI=1S/C15H18N2O2/c1-3-19-15-9-8-13(11-17-15)16-10-12-6-4-5-7-14(12)18-2/h4-9,11,16H,3,10H2,1-2H3. The molecule has 0 aliphatic heterocycles. The van der Waals surface area contributed by atoms with E-state index in [9.17, 15) is 0 Å². The maximum absolute atomic E-state index is 5.31. The number of nitrogens with zero attached hydrogens (tertiary/aromatic N) is 1. The van der Waals surface area contributed by atoms with E-state index in [0.717, 1.165) is 17.0 Å². The van der Waals surface area contributed by atoms with Crippen LogP contribution >= 0.6 is 0 Å². The number of pyridine rings is 1. The highest BCUT2D eigenvalue weighted by molar-refractivity contribution is 5.44. The minimum atomic E-state index is 0.626. The van der Waals surface area contributed by atoms with Gasteiger partial charge in [0, 0.05) is 18.2 Å². The first-order valence-electron chi connectivity index (χ1n) is 6.28. The van der Waals surface area contributed by atoms with Crippen molar-refractivity contribution in [3.63, 3.8) is 0 Å². The first-order valence-corrected chi connectivity index (χ1v) is 6.28. The Morgan fingerprint density at radius 1 is 1.16 bits per heavy atom. The summed E-state index contributed by atoms with van der Waals surface area (Å²) in [7, 11) is 1.68. The van der Waals surface area contributed by atoms with Crippen LogP contribution in [-0.4, -0.2) is 18.7 Å². The van der Waals surface area contributed by atoms with Gasteiger partial charge in [0.2, 0.25) is 5.88 Å². The molecule has 0 unspecified atom stereocenters. The lowest BCUT2D eigenvalue weighted by Gasteiger charge is -2.10. The first kappa shape index (κ1) is 13.2. The smallest absolute Gasteiger partial charge is 0.213 e. The summed E-state index contributed by atoms with van der Waals surface area (Å²) in [6, 6.07) is 11.7. The van der Waals surface area contributed by atoms with Crippen LogP contribution in [0.2, 0.25) is 0 Å². The molecule has 0 saturated heterocycles. The van der Waals surface area contributed by atoms with Gasteiger partial charge in [-0.1, -0.05) is 18.2 Å². The first-order chi connectivity index (χ1) is 9.33. The number of methoxy groups -OCH3 is 1. The molecule has 4 heteroatoms. The topological polar surface area (TPSA) is 43.4 Å². The van der Waals surface area contributed by atoms with Crippen molar-refractivity contribution in [1.29, 1.82) is 0 Å². The lowest BCUT2D eigenvalue weighted by Crippen LogP contribution is -2.02. The zero-order valence-corrected chi connectivity index (χ0v) is 11.2. The molecule has 0 fully saturated rings. The normalized spacial score (nSPS) is 10.0. The third-order valence-electron chi connectivity index (χ3n) is 2.70. The van der Waals surface area contributed by atoms with E-state index in [1.807, 2.05) is 43.3 Å². The number of para-hydroxylation sites is 1. The molecule has 0 aliphatic rings. The van der Waals surface area contributed by atoms with E-state index in [4.69, 9.17) is 9.47 Å². The Labute approximate surface area is 113 Å². The van der Waals surface area contributed by atoms with Crippen molar-refractivity contribution in [3.8, 4) is 11.6 Å². The average molecular weight is 258 g/mol. The lowest BCUT2D eigenvalue weighted by molar-refractivity contribution is 0.327. The second-order valence-corrected chi connectivity index (χ2v) is 3.98. The van der Waals surface area contributed by atoms with Gasteiger partial charge in [-0.3, -0.25) is 0 Å². The highest BCUT2D eigenvalue weighted by Gasteiger charge is 2.01. The molecule has 19 heavy (non-hydrogen) atoms. The van der Waals surface area contributed by atoms with Gasteiger partial charge in [0.05, 0.1) is 25.6 Å². The molecule has 0 amide bonds. The molecule has 0 spiro atoms. The molecular weight excluding hydrogens is 240 g/mol. The molecule has 0 radical (unpaired) electrons. The number of hydrogen-bond acceptors (Lipinski definition) is 4. The molecule has 0 bridgehead atoms. The largest absolute Gasteiger partial charge is 0.496 e. The highest BCUT2D eigenvalue weighted by atomic mass is 16.5. The van der Waals surface area contributed by atoms with Gasteiger partial charge in [0.25, 0.3) is 0 Å². The summed E-state index contributed by atoms with van der Waals surface area (Å²) in [5, 5.41) is 3.31. The van der Waals surface area contributed by atoms with Crippen molar-refractivity contribution >= 4 is 5.69 Å². The van der Waals surface area contributed by atoms with Gasteiger partial charge in [-0.15, -0.1) is 0 Å². The summed E-state index contributed by atoms with van der Waals surface area (Å²) >= 11 is 0. The summed E-state index contributed by atoms with van der Waals surface area (Å²) in [6.45, 7) is 3.26. The Bertz CT molecular complexity index is 512. The lowest BCUT2D eigenvalue weighted by atomic mass is 10.2. The summed E-state index contributed by atoms with van der Waals surface area (Å²) in [4.78, 5) is 4.21. The third-order valence-corrected chi connectivity index (χ3v) is 2.70. The average Bonchev–Trinajstić information content (AvgIpc) is 2.47. The Kier molecular flexibility index (Phi) is 4.61. The Morgan fingerprint density at radius 2 is 2.00 bits per heavy atom. The Balaban J connectivity index is 1.98. The van der Waals surface area contributed by atoms with Crippen LogP contribution in [-0.2, 0) is 6.54 Å². The summed E-state index contributed by atoms with van der Waals surface area (Å²) in [6.07, 6.45) is 1.76. The van der Waals surface area contributed by atoms with Gasteiger partial charge in [0.1, 0.15) is 5.75 Å². The fraction of sp³-hybridized carbons (Fsp3) is 0.267. The van der Waals surface area contributed by atoms with Crippen LogP contribution in [0.3, 0.4) is 0 Å². The fourth-order valence-corrected chi connectivity index (χ4v) is 1.76. The summed E-state index contributed by atoms with van der Waals surface area (Å²) in [5.74, 6) is 1.53. The van der Waals surface area contributed by atoms with Crippen LogP contribution in [0.25, 0.3) is 0 Å². The predicted octanol–water partition coefficient (Wildman–Crippen LogP) is 3.10.